The van der Waals surface area contributed by atoms with Gasteiger partial charge in [0.05, 0.1) is 35.5 Å². The number of ether oxygens (including phenoxy) is 1. The van der Waals surface area contributed by atoms with E-state index in [2.05, 4.69) is 10.4 Å². The molecule has 40 heavy (non-hydrogen) atoms. The number of carbonyl (C=O) groups excluding carboxylic acids is 1. The number of amides is 1. The molecule has 2 heterocycles. The first-order valence-electron chi connectivity index (χ1n) is 12.1. The Labute approximate surface area is 225 Å². The summed E-state index contributed by atoms with van der Waals surface area (Å²) in [6.45, 7) is 0. The fourth-order valence-corrected chi connectivity index (χ4v) is 4.79. The fraction of sp³-hybridized carbons (Fsp3) is 0.133. The maximum absolute atomic E-state index is 14.9. The number of pyridine rings is 1. The lowest BCUT2D eigenvalue weighted by molar-refractivity contribution is -0.137. The molecule has 0 fully saturated rings. The zero-order chi connectivity index (χ0) is 28.5. The third-order valence-corrected chi connectivity index (χ3v) is 6.68. The number of alkyl halides is 3. The zero-order valence-electron chi connectivity index (χ0n) is 21.0. The molecular formula is C30H22F5N3O2. The molecule has 5 rings (SSSR count). The summed E-state index contributed by atoms with van der Waals surface area (Å²) in [5.74, 6) is -2.73. The first kappa shape index (κ1) is 26.9. The number of carbonyl (C=O) groups is 1. The highest BCUT2D eigenvalue weighted by Gasteiger charge is 2.40. The van der Waals surface area contributed by atoms with Crippen LogP contribution in [0.4, 0.5) is 22.0 Å². The van der Waals surface area contributed by atoms with Gasteiger partial charge in [0.1, 0.15) is 5.82 Å². The molecular weight excluding hydrogens is 529 g/mol. The number of fused-ring (bicyclic) bond motifs is 1. The number of hydrogen-bond donors (Lipinski definition) is 1. The fourth-order valence-electron chi connectivity index (χ4n) is 4.79. The third-order valence-electron chi connectivity index (χ3n) is 6.68. The van der Waals surface area contributed by atoms with Gasteiger partial charge in [-0.05, 0) is 65.2 Å². The molecule has 5 aromatic rings. The monoisotopic (exact) mass is 551 g/mol. The molecule has 0 aliphatic heterocycles. The van der Waals surface area contributed by atoms with E-state index in [0.29, 0.717) is 17.1 Å². The second-order valence-corrected chi connectivity index (χ2v) is 9.18. The highest BCUT2D eigenvalue weighted by molar-refractivity contribution is 6.01. The van der Waals surface area contributed by atoms with Crippen LogP contribution in [0.2, 0.25) is 0 Å². The second kappa shape index (κ2) is 10.4. The number of nitrogens with one attached hydrogen (secondary N) is 1. The summed E-state index contributed by atoms with van der Waals surface area (Å²) >= 11 is 0. The van der Waals surface area contributed by atoms with E-state index in [-0.39, 0.29) is 28.9 Å². The standard InChI is InChI=1S/C30H22F5N3O2/c1-40-27-17-20(9-10-25(27)32)29(18-19-6-3-2-4-7-19,21-14-22(30(33,34)35)16-23(31)15-21)37-28(39)24-8-5-13-38-26(24)11-12-36-38/h2-17H,18H2,1H3,(H,37,39). The minimum atomic E-state index is -4.87. The van der Waals surface area contributed by atoms with Gasteiger partial charge < -0.3 is 10.1 Å². The summed E-state index contributed by atoms with van der Waals surface area (Å²) in [6, 6.07) is 19.2. The Bertz CT molecular complexity index is 1680. The molecule has 0 bridgehead atoms. The summed E-state index contributed by atoms with van der Waals surface area (Å²) in [5.41, 5.74) is -1.80. The highest BCUT2D eigenvalue weighted by atomic mass is 19.4. The summed E-state index contributed by atoms with van der Waals surface area (Å²) in [7, 11) is 1.24. The van der Waals surface area contributed by atoms with Gasteiger partial charge in [0.25, 0.3) is 5.91 Å². The SMILES string of the molecule is COc1cc(C(Cc2ccccc2)(NC(=O)c2cccn3nccc23)c2cc(F)cc(C(F)(F)F)c2)ccc1F. The van der Waals surface area contributed by atoms with E-state index in [1.165, 1.54) is 36.0 Å². The van der Waals surface area contributed by atoms with E-state index < -0.39 is 34.8 Å². The van der Waals surface area contributed by atoms with Gasteiger partial charge in [-0.15, -0.1) is 0 Å². The lowest BCUT2D eigenvalue weighted by Crippen LogP contribution is -2.49. The number of aromatic nitrogens is 2. The number of nitrogens with zero attached hydrogens (tertiary/aromatic N) is 2. The van der Waals surface area contributed by atoms with Crippen molar-refractivity contribution in [2.75, 3.05) is 7.11 Å². The summed E-state index contributed by atoms with van der Waals surface area (Å²) in [4.78, 5) is 13.9. The van der Waals surface area contributed by atoms with Crippen LogP contribution in [0.25, 0.3) is 5.52 Å². The van der Waals surface area contributed by atoms with Crippen molar-refractivity contribution in [3.63, 3.8) is 0 Å². The smallest absolute Gasteiger partial charge is 0.416 e. The molecule has 1 N–H and O–H groups in total. The molecule has 1 atom stereocenters. The Hall–Kier alpha value is -4.73. The maximum atomic E-state index is 14.9. The predicted octanol–water partition coefficient (Wildman–Crippen LogP) is 6.56. The maximum Gasteiger partial charge on any atom is 0.416 e. The number of hydrogen-bond acceptors (Lipinski definition) is 3. The number of halogens is 5. The van der Waals surface area contributed by atoms with E-state index in [1.807, 2.05) is 0 Å². The van der Waals surface area contributed by atoms with E-state index in [1.54, 1.807) is 48.7 Å². The van der Waals surface area contributed by atoms with Gasteiger partial charge in [-0.1, -0.05) is 36.4 Å². The van der Waals surface area contributed by atoms with Crippen LogP contribution >= 0.6 is 0 Å². The van der Waals surface area contributed by atoms with Crippen molar-refractivity contribution in [1.82, 2.24) is 14.9 Å². The molecule has 1 amide bonds. The molecule has 0 spiro atoms. The number of benzene rings is 3. The van der Waals surface area contributed by atoms with E-state index in [4.69, 9.17) is 4.74 Å². The van der Waals surface area contributed by atoms with Crippen LogP contribution in [-0.2, 0) is 18.1 Å². The molecule has 1 unspecified atom stereocenters. The van der Waals surface area contributed by atoms with Gasteiger partial charge in [-0.2, -0.15) is 18.3 Å². The van der Waals surface area contributed by atoms with Crippen molar-refractivity contribution in [2.24, 2.45) is 0 Å². The van der Waals surface area contributed by atoms with Gasteiger partial charge in [0.15, 0.2) is 11.6 Å². The van der Waals surface area contributed by atoms with Crippen molar-refractivity contribution in [3.05, 3.63) is 137 Å². The molecule has 3 aromatic carbocycles. The van der Waals surface area contributed by atoms with Crippen molar-refractivity contribution in [1.29, 1.82) is 0 Å². The molecule has 0 aliphatic rings. The topological polar surface area (TPSA) is 55.6 Å². The van der Waals surface area contributed by atoms with Crippen molar-refractivity contribution >= 4 is 11.4 Å². The van der Waals surface area contributed by atoms with Crippen LogP contribution in [0.3, 0.4) is 0 Å². The average molecular weight is 552 g/mol. The highest BCUT2D eigenvalue weighted by Crippen LogP contribution is 2.40. The van der Waals surface area contributed by atoms with Gasteiger partial charge in [0.2, 0.25) is 0 Å². The van der Waals surface area contributed by atoms with Crippen LogP contribution in [0, 0.1) is 11.6 Å². The molecule has 0 saturated heterocycles. The average Bonchev–Trinajstić information content (AvgIpc) is 3.42. The summed E-state index contributed by atoms with van der Waals surface area (Å²) in [5, 5.41) is 7.02. The van der Waals surface area contributed by atoms with Crippen molar-refractivity contribution in [2.45, 2.75) is 18.1 Å². The predicted molar refractivity (Wildman–Crippen MR) is 138 cm³/mol. The molecule has 0 saturated carbocycles. The Morgan fingerprint density at radius 3 is 2.38 bits per heavy atom. The van der Waals surface area contributed by atoms with Crippen LogP contribution in [0.1, 0.15) is 32.6 Å². The Balaban J connectivity index is 1.80. The first-order valence-corrected chi connectivity index (χ1v) is 12.1. The summed E-state index contributed by atoms with van der Waals surface area (Å²) in [6.07, 6.45) is -1.84. The lowest BCUT2D eigenvalue weighted by atomic mass is 9.77. The second-order valence-electron chi connectivity index (χ2n) is 9.18. The molecule has 2 aromatic heterocycles. The van der Waals surface area contributed by atoms with Crippen molar-refractivity contribution < 1.29 is 31.5 Å². The quantitative estimate of drug-likeness (QED) is 0.233. The zero-order valence-corrected chi connectivity index (χ0v) is 21.0. The Kier molecular flexibility index (Phi) is 7.01. The van der Waals surface area contributed by atoms with Gasteiger partial charge in [-0.3, -0.25) is 4.79 Å². The van der Waals surface area contributed by atoms with E-state index in [9.17, 15) is 26.7 Å². The van der Waals surface area contributed by atoms with Crippen LogP contribution < -0.4 is 10.1 Å². The Morgan fingerprint density at radius 1 is 0.900 bits per heavy atom. The van der Waals surface area contributed by atoms with Crippen LogP contribution in [-0.4, -0.2) is 22.6 Å². The molecule has 0 radical (unpaired) electrons. The minimum Gasteiger partial charge on any atom is -0.494 e. The van der Waals surface area contributed by atoms with Gasteiger partial charge in [0, 0.05) is 12.6 Å². The Morgan fingerprint density at radius 2 is 1.65 bits per heavy atom. The first-order chi connectivity index (χ1) is 19.1. The summed E-state index contributed by atoms with van der Waals surface area (Å²) < 4.78 is 77.6. The third kappa shape index (κ3) is 5.12. The number of methoxy groups -OCH3 is 1. The minimum absolute atomic E-state index is 0.0997. The van der Waals surface area contributed by atoms with Gasteiger partial charge >= 0.3 is 6.18 Å². The van der Waals surface area contributed by atoms with Gasteiger partial charge in [-0.25, -0.2) is 13.3 Å². The van der Waals surface area contributed by atoms with Crippen LogP contribution in [0.5, 0.6) is 5.75 Å². The number of rotatable bonds is 7. The lowest BCUT2D eigenvalue weighted by Gasteiger charge is -2.37. The molecule has 10 heteroatoms. The van der Waals surface area contributed by atoms with E-state index in [0.717, 1.165) is 18.2 Å². The van der Waals surface area contributed by atoms with Crippen LogP contribution in [0.15, 0.2) is 97.3 Å². The molecule has 5 nitrogen and oxygen atoms in total. The molecule has 204 valence electrons. The molecule has 0 aliphatic carbocycles. The van der Waals surface area contributed by atoms with E-state index >= 15 is 0 Å². The van der Waals surface area contributed by atoms with Crippen molar-refractivity contribution in [3.8, 4) is 5.75 Å². The normalized spacial score (nSPS) is 13.2. The largest absolute Gasteiger partial charge is 0.494 e.